The zero-order valence-corrected chi connectivity index (χ0v) is 10.1. The maximum atomic E-state index is 12.9. The van der Waals surface area contributed by atoms with Gasteiger partial charge in [0.25, 0.3) is 5.91 Å². The van der Waals surface area contributed by atoms with E-state index in [9.17, 15) is 9.18 Å². The van der Waals surface area contributed by atoms with E-state index >= 15 is 0 Å². The second-order valence-electron chi connectivity index (χ2n) is 4.40. The molecule has 1 aromatic heterocycles. The van der Waals surface area contributed by atoms with Gasteiger partial charge in [-0.15, -0.1) is 0 Å². The number of amides is 1. The largest absolute Gasteiger partial charge is 0.337 e. The summed E-state index contributed by atoms with van der Waals surface area (Å²) in [6.45, 7) is 5.96. The van der Waals surface area contributed by atoms with Gasteiger partial charge in [-0.1, -0.05) is 6.92 Å². The maximum Gasteiger partial charge on any atom is 0.254 e. The van der Waals surface area contributed by atoms with Crippen molar-refractivity contribution in [1.82, 2.24) is 9.88 Å². The van der Waals surface area contributed by atoms with Crippen LogP contribution in [0.5, 0.6) is 0 Å². The molecule has 16 heavy (non-hydrogen) atoms. The summed E-state index contributed by atoms with van der Waals surface area (Å²) in [6.07, 6.45) is 2.14. The predicted molar refractivity (Wildman–Crippen MR) is 60.7 cm³/mol. The average molecular weight is 224 g/mol. The fourth-order valence-electron chi connectivity index (χ4n) is 1.24. The normalized spacial score (nSPS) is 11.3. The second-order valence-corrected chi connectivity index (χ2v) is 4.40. The Kier molecular flexibility index (Phi) is 3.62. The molecule has 0 atom stereocenters. The number of carbonyl (C=O) groups excluding carboxylic acids is 1. The highest BCUT2D eigenvalue weighted by Gasteiger charge is 2.26. The van der Waals surface area contributed by atoms with E-state index in [1.807, 2.05) is 20.8 Å². The number of nitrogens with zero attached hydrogens (tertiary/aromatic N) is 2. The molecule has 3 nitrogen and oxygen atoms in total. The summed E-state index contributed by atoms with van der Waals surface area (Å²) in [7, 11) is 1.73. The number of carbonyl (C=O) groups is 1. The fourth-order valence-corrected chi connectivity index (χ4v) is 1.24. The smallest absolute Gasteiger partial charge is 0.254 e. The Morgan fingerprint density at radius 3 is 2.69 bits per heavy atom. The van der Waals surface area contributed by atoms with Gasteiger partial charge in [0, 0.05) is 30.4 Å². The van der Waals surface area contributed by atoms with E-state index < -0.39 is 5.95 Å². The molecule has 1 heterocycles. The van der Waals surface area contributed by atoms with Crippen molar-refractivity contribution < 1.29 is 9.18 Å². The Morgan fingerprint density at radius 2 is 2.19 bits per heavy atom. The van der Waals surface area contributed by atoms with Crippen LogP contribution in [0.2, 0.25) is 0 Å². The Morgan fingerprint density at radius 1 is 1.56 bits per heavy atom. The van der Waals surface area contributed by atoms with Gasteiger partial charge in [0.1, 0.15) is 0 Å². The molecule has 0 aliphatic rings. The van der Waals surface area contributed by atoms with Crippen molar-refractivity contribution in [2.24, 2.45) is 0 Å². The van der Waals surface area contributed by atoms with E-state index in [-0.39, 0.29) is 11.4 Å². The van der Waals surface area contributed by atoms with Gasteiger partial charge in [-0.2, -0.15) is 4.39 Å². The molecule has 1 rings (SSSR count). The summed E-state index contributed by atoms with van der Waals surface area (Å²) >= 11 is 0. The zero-order valence-electron chi connectivity index (χ0n) is 10.1. The molecule has 0 aliphatic carbocycles. The summed E-state index contributed by atoms with van der Waals surface area (Å²) in [5.41, 5.74) is 0.0909. The molecule has 0 fully saturated rings. The van der Waals surface area contributed by atoms with Gasteiger partial charge in [-0.25, -0.2) is 4.98 Å². The van der Waals surface area contributed by atoms with Crippen LogP contribution < -0.4 is 0 Å². The average Bonchev–Trinajstić information content (AvgIpc) is 2.27. The first-order valence-corrected chi connectivity index (χ1v) is 5.28. The Bertz CT molecular complexity index is 390. The minimum atomic E-state index is -0.631. The van der Waals surface area contributed by atoms with E-state index in [2.05, 4.69) is 4.98 Å². The van der Waals surface area contributed by atoms with Gasteiger partial charge < -0.3 is 4.90 Å². The Balaban J connectivity index is 2.95. The predicted octanol–water partition coefficient (Wildman–Crippen LogP) is 2.48. The van der Waals surface area contributed by atoms with Crippen LogP contribution in [0, 0.1) is 5.95 Å². The van der Waals surface area contributed by atoms with Crippen LogP contribution in [-0.4, -0.2) is 28.4 Å². The number of halogens is 1. The van der Waals surface area contributed by atoms with Crippen LogP contribution in [0.4, 0.5) is 4.39 Å². The summed E-state index contributed by atoms with van der Waals surface area (Å²) in [5.74, 6) is -0.818. The molecule has 0 bridgehead atoms. The SMILES string of the molecule is CCC(C)(C)N(C)C(=O)c1ccnc(F)c1. The third kappa shape index (κ3) is 2.56. The zero-order chi connectivity index (χ0) is 12.3. The van der Waals surface area contributed by atoms with Crippen LogP contribution in [0.25, 0.3) is 0 Å². The van der Waals surface area contributed by atoms with Crippen LogP contribution in [0.3, 0.4) is 0 Å². The summed E-state index contributed by atoms with van der Waals surface area (Å²) in [5, 5.41) is 0. The maximum absolute atomic E-state index is 12.9. The van der Waals surface area contributed by atoms with Crippen LogP contribution in [0.15, 0.2) is 18.3 Å². The second kappa shape index (κ2) is 4.60. The molecule has 1 amide bonds. The monoisotopic (exact) mass is 224 g/mol. The van der Waals surface area contributed by atoms with Crippen molar-refractivity contribution in [2.75, 3.05) is 7.05 Å². The molecule has 0 saturated carbocycles. The number of rotatable bonds is 3. The van der Waals surface area contributed by atoms with Crippen molar-refractivity contribution in [3.63, 3.8) is 0 Å². The van der Waals surface area contributed by atoms with E-state index in [0.29, 0.717) is 5.56 Å². The highest BCUT2D eigenvalue weighted by molar-refractivity contribution is 5.94. The third-order valence-corrected chi connectivity index (χ3v) is 3.05. The molecule has 0 saturated heterocycles. The molecule has 0 aliphatic heterocycles. The highest BCUT2D eigenvalue weighted by atomic mass is 19.1. The van der Waals surface area contributed by atoms with Crippen LogP contribution in [0.1, 0.15) is 37.6 Å². The van der Waals surface area contributed by atoms with Crippen molar-refractivity contribution in [1.29, 1.82) is 0 Å². The number of aromatic nitrogens is 1. The quantitative estimate of drug-likeness (QED) is 0.739. The van der Waals surface area contributed by atoms with E-state index in [1.54, 1.807) is 11.9 Å². The first kappa shape index (κ1) is 12.6. The molecule has 0 spiro atoms. The van der Waals surface area contributed by atoms with Crippen molar-refractivity contribution in [3.05, 3.63) is 29.8 Å². The molecule has 0 radical (unpaired) electrons. The van der Waals surface area contributed by atoms with Gasteiger partial charge >= 0.3 is 0 Å². The molecule has 0 N–H and O–H groups in total. The van der Waals surface area contributed by atoms with Gasteiger partial charge in [0.05, 0.1) is 0 Å². The number of hydrogen-bond donors (Lipinski definition) is 0. The molecule has 1 aromatic rings. The first-order chi connectivity index (χ1) is 7.38. The number of hydrogen-bond acceptors (Lipinski definition) is 2. The third-order valence-electron chi connectivity index (χ3n) is 3.05. The standard InChI is InChI=1S/C12H17FN2O/c1-5-12(2,3)15(4)11(16)9-6-7-14-10(13)8-9/h6-8H,5H2,1-4H3. The lowest BCUT2D eigenvalue weighted by Gasteiger charge is -2.34. The summed E-state index contributed by atoms with van der Waals surface area (Å²) in [4.78, 5) is 17.1. The number of pyridine rings is 1. The van der Waals surface area contributed by atoms with Gasteiger partial charge in [0.2, 0.25) is 5.95 Å². The first-order valence-electron chi connectivity index (χ1n) is 5.28. The summed E-state index contributed by atoms with van der Waals surface area (Å²) in [6, 6.07) is 2.68. The minimum Gasteiger partial charge on any atom is -0.337 e. The molecule has 88 valence electrons. The van der Waals surface area contributed by atoms with Crippen LogP contribution >= 0.6 is 0 Å². The van der Waals surface area contributed by atoms with E-state index in [0.717, 1.165) is 12.5 Å². The molecular formula is C12H17FN2O. The van der Waals surface area contributed by atoms with Crippen molar-refractivity contribution >= 4 is 5.91 Å². The van der Waals surface area contributed by atoms with Crippen molar-refractivity contribution in [2.45, 2.75) is 32.7 Å². The minimum absolute atomic E-state index is 0.187. The Hall–Kier alpha value is -1.45. The van der Waals surface area contributed by atoms with Gasteiger partial charge in [-0.05, 0) is 26.3 Å². The van der Waals surface area contributed by atoms with Gasteiger partial charge in [-0.3, -0.25) is 4.79 Å². The lowest BCUT2D eigenvalue weighted by Crippen LogP contribution is -2.44. The van der Waals surface area contributed by atoms with E-state index in [4.69, 9.17) is 0 Å². The Labute approximate surface area is 95.3 Å². The molecular weight excluding hydrogens is 207 g/mol. The van der Waals surface area contributed by atoms with Gasteiger partial charge in [0.15, 0.2) is 0 Å². The lowest BCUT2D eigenvalue weighted by atomic mass is 9.99. The highest BCUT2D eigenvalue weighted by Crippen LogP contribution is 2.19. The van der Waals surface area contributed by atoms with Crippen LogP contribution in [-0.2, 0) is 0 Å². The lowest BCUT2D eigenvalue weighted by molar-refractivity contribution is 0.0619. The molecule has 0 aromatic carbocycles. The topological polar surface area (TPSA) is 33.2 Å². The summed E-state index contributed by atoms with van der Waals surface area (Å²) < 4.78 is 12.9. The molecule has 4 heteroatoms. The molecule has 0 unspecified atom stereocenters. The van der Waals surface area contributed by atoms with E-state index in [1.165, 1.54) is 12.3 Å². The van der Waals surface area contributed by atoms with Crippen molar-refractivity contribution in [3.8, 4) is 0 Å². The fraction of sp³-hybridized carbons (Fsp3) is 0.500.